The highest BCUT2D eigenvalue weighted by Gasteiger charge is 2.30. The molecule has 0 bridgehead atoms. The van der Waals surface area contributed by atoms with E-state index in [1.54, 1.807) is 57.8 Å². The maximum Gasteiger partial charge on any atom is -0.0386 e. The summed E-state index contributed by atoms with van der Waals surface area (Å²) in [5.74, 6) is 4.38. The fourth-order valence-corrected chi connectivity index (χ4v) is 5.05. The van der Waals surface area contributed by atoms with E-state index in [0.29, 0.717) is 0 Å². The van der Waals surface area contributed by atoms with E-state index in [2.05, 4.69) is 13.8 Å². The van der Waals surface area contributed by atoms with Gasteiger partial charge in [-0.2, -0.15) is 0 Å². The zero-order valence-corrected chi connectivity index (χ0v) is 14.9. The van der Waals surface area contributed by atoms with Crippen LogP contribution in [0.15, 0.2) is 0 Å². The Labute approximate surface area is 134 Å². The minimum atomic E-state index is 1.07. The van der Waals surface area contributed by atoms with Gasteiger partial charge in [-0.25, -0.2) is 0 Å². The highest BCUT2D eigenvalue weighted by atomic mass is 14.4. The first-order valence-electron chi connectivity index (χ1n) is 10.3. The number of rotatable bonds is 8. The maximum atomic E-state index is 2.39. The molecular weight excluding hydrogens is 252 g/mol. The van der Waals surface area contributed by atoms with E-state index in [9.17, 15) is 0 Å². The van der Waals surface area contributed by atoms with Crippen LogP contribution in [0.3, 0.4) is 0 Å². The lowest BCUT2D eigenvalue weighted by molar-refractivity contribution is 0.141. The fraction of sp³-hybridized carbons (Fsp3) is 1.00. The topological polar surface area (TPSA) is 0 Å². The summed E-state index contributed by atoms with van der Waals surface area (Å²) in [5.41, 5.74) is 0. The van der Waals surface area contributed by atoms with Crippen molar-refractivity contribution in [2.75, 3.05) is 0 Å². The van der Waals surface area contributed by atoms with Crippen LogP contribution in [0.2, 0.25) is 0 Å². The van der Waals surface area contributed by atoms with Crippen molar-refractivity contribution in [1.82, 2.24) is 0 Å². The van der Waals surface area contributed by atoms with Crippen LogP contribution >= 0.6 is 0 Å². The summed E-state index contributed by atoms with van der Waals surface area (Å²) in [4.78, 5) is 0. The Balaban J connectivity index is 1.56. The molecule has 0 atom stereocenters. The van der Waals surface area contributed by atoms with Crippen LogP contribution in [-0.2, 0) is 0 Å². The van der Waals surface area contributed by atoms with Crippen molar-refractivity contribution in [3.8, 4) is 0 Å². The van der Waals surface area contributed by atoms with Crippen LogP contribution in [0.5, 0.6) is 0 Å². The maximum absolute atomic E-state index is 2.39. The van der Waals surface area contributed by atoms with E-state index < -0.39 is 0 Å². The lowest BCUT2D eigenvalue weighted by Gasteiger charge is -2.37. The molecule has 2 saturated carbocycles. The highest BCUT2D eigenvalue weighted by Crippen LogP contribution is 2.42. The van der Waals surface area contributed by atoms with Crippen molar-refractivity contribution in [1.29, 1.82) is 0 Å². The lowest BCUT2D eigenvalue weighted by atomic mass is 9.68. The van der Waals surface area contributed by atoms with Gasteiger partial charge in [0.2, 0.25) is 0 Å². The average Bonchev–Trinajstić information content (AvgIpc) is 2.55. The van der Waals surface area contributed by atoms with E-state index in [1.165, 1.54) is 38.5 Å². The molecule has 2 fully saturated rings. The summed E-state index contributed by atoms with van der Waals surface area (Å²) in [5, 5.41) is 0. The molecule has 0 unspecified atom stereocenters. The number of unbranched alkanes of at least 4 members (excludes halogenated alkanes) is 4. The van der Waals surface area contributed by atoms with Gasteiger partial charge in [-0.1, -0.05) is 84.5 Å². The SMILES string of the molecule is CCCCCCC[C@H]1CC[C@H]([C@H]2CC[C@H](CC)CC2)CC1. The number of hydrogen-bond acceptors (Lipinski definition) is 0. The Kier molecular flexibility index (Phi) is 8.19. The molecule has 0 spiro atoms. The van der Waals surface area contributed by atoms with E-state index in [0.717, 1.165) is 23.7 Å². The van der Waals surface area contributed by atoms with Crippen LogP contribution in [0.1, 0.15) is 110 Å². The van der Waals surface area contributed by atoms with Crippen molar-refractivity contribution >= 4 is 0 Å². The van der Waals surface area contributed by atoms with Crippen molar-refractivity contribution in [3.05, 3.63) is 0 Å². The Morgan fingerprint density at radius 2 is 1.10 bits per heavy atom. The second-order valence-corrected chi connectivity index (χ2v) is 8.17. The van der Waals surface area contributed by atoms with Gasteiger partial charge in [0.1, 0.15) is 0 Å². The average molecular weight is 293 g/mol. The Hall–Kier alpha value is 0. The molecule has 0 N–H and O–H groups in total. The van der Waals surface area contributed by atoms with E-state index in [4.69, 9.17) is 0 Å². The van der Waals surface area contributed by atoms with Gasteiger partial charge in [0.15, 0.2) is 0 Å². The molecule has 0 amide bonds. The third kappa shape index (κ3) is 5.95. The van der Waals surface area contributed by atoms with Gasteiger partial charge in [-0.05, 0) is 49.4 Å². The molecule has 0 heterocycles. The summed E-state index contributed by atoms with van der Waals surface area (Å²) in [6, 6.07) is 0. The van der Waals surface area contributed by atoms with Gasteiger partial charge in [-0.3, -0.25) is 0 Å². The molecule has 0 nitrogen and oxygen atoms in total. The van der Waals surface area contributed by atoms with Gasteiger partial charge >= 0.3 is 0 Å². The van der Waals surface area contributed by atoms with Crippen molar-refractivity contribution in [2.45, 2.75) is 110 Å². The molecule has 0 aliphatic heterocycles. The normalized spacial score (nSPS) is 34.0. The Morgan fingerprint density at radius 1 is 0.571 bits per heavy atom. The fourth-order valence-electron chi connectivity index (χ4n) is 5.05. The first kappa shape index (κ1) is 17.4. The van der Waals surface area contributed by atoms with Gasteiger partial charge in [-0.15, -0.1) is 0 Å². The molecule has 124 valence electrons. The lowest BCUT2D eigenvalue weighted by Crippen LogP contribution is -2.25. The third-order valence-electron chi connectivity index (χ3n) is 6.74. The Bertz CT molecular complexity index is 241. The minimum absolute atomic E-state index is 1.07. The summed E-state index contributed by atoms with van der Waals surface area (Å²) in [6.45, 7) is 4.70. The molecule has 21 heavy (non-hydrogen) atoms. The molecule has 0 heteroatoms. The Morgan fingerprint density at radius 3 is 1.62 bits per heavy atom. The van der Waals surface area contributed by atoms with Crippen molar-refractivity contribution in [3.63, 3.8) is 0 Å². The summed E-state index contributed by atoms with van der Waals surface area (Å²) < 4.78 is 0. The summed E-state index contributed by atoms with van der Waals surface area (Å²) in [7, 11) is 0. The predicted molar refractivity (Wildman–Crippen MR) is 94.6 cm³/mol. The molecule has 0 saturated heterocycles. The molecule has 0 aromatic heterocycles. The van der Waals surface area contributed by atoms with E-state index >= 15 is 0 Å². The second kappa shape index (κ2) is 9.90. The standard InChI is InChI=1S/C21H40/c1-3-5-6-7-8-9-19-12-16-21(17-13-19)20-14-10-18(4-2)11-15-20/h18-21H,3-17H2,1-2H3/t18-,19-,20-,21-. The van der Waals surface area contributed by atoms with Crippen LogP contribution in [0, 0.1) is 23.7 Å². The molecule has 2 aliphatic carbocycles. The van der Waals surface area contributed by atoms with E-state index in [-0.39, 0.29) is 0 Å². The van der Waals surface area contributed by atoms with Gasteiger partial charge in [0, 0.05) is 0 Å². The van der Waals surface area contributed by atoms with Crippen molar-refractivity contribution in [2.24, 2.45) is 23.7 Å². The van der Waals surface area contributed by atoms with Gasteiger partial charge in [0.05, 0.1) is 0 Å². The molecule has 0 radical (unpaired) electrons. The summed E-state index contributed by atoms with van der Waals surface area (Å²) in [6.07, 6.45) is 22.8. The second-order valence-electron chi connectivity index (χ2n) is 8.17. The van der Waals surface area contributed by atoms with Gasteiger partial charge in [0.25, 0.3) is 0 Å². The van der Waals surface area contributed by atoms with Gasteiger partial charge < -0.3 is 0 Å². The molecule has 2 aliphatic rings. The van der Waals surface area contributed by atoms with Crippen LogP contribution in [-0.4, -0.2) is 0 Å². The first-order valence-corrected chi connectivity index (χ1v) is 10.3. The zero-order chi connectivity index (χ0) is 14.9. The van der Waals surface area contributed by atoms with Crippen molar-refractivity contribution < 1.29 is 0 Å². The number of hydrogen-bond donors (Lipinski definition) is 0. The predicted octanol–water partition coefficient (Wildman–Crippen LogP) is 7.37. The largest absolute Gasteiger partial charge is 0.0654 e. The molecule has 0 aromatic carbocycles. The smallest absolute Gasteiger partial charge is 0.0386 e. The zero-order valence-electron chi connectivity index (χ0n) is 14.9. The summed E-state index contributed by atoms with van der Waals surface area (Å²) >= 11 is 0. The first-order chi connectivity index (χ1) is 10.3. The third-order valence-corrected chi connectivity index (χ3v) is 6.74. The molecular formula is C21H40. The highest BCUT2D eigenvalue weighted by molar-refractivity contribution is 4.81. The van der Waals surface area contributed by atoms with E-state index in [1.807, 2.05) is 0 Å². The molecule has 0 aromatic rings. The van der Waals surface area contributed by atoms with Crippen LogP contribution < -0.4 is 0 Å². The monoisotopic (exact) mass is 292 g/mol. The van der Waals surface area contributed by atoms with Crippen LogP contribution in [0.4, 0.5) is 0 Å². The minimum Gasteiger partial charge on any atom is -0.0654 e. The quantitative estimate of drug-likeness (QED) is 0.410. The van der Waals surface area contributed by atoms with Crippen LogP contribution in [0.25, 0.3) is 0 Å². The molecule has 2 rings (SSSR count).